The van der Waals surface area contributed by atoms with Crippen LogP contribution in [0.3, 0.4) is 0 Å². The lowest BCUT2D eigenvalue weighted by Crippen LogP contribution is -2.57. The summed E-state index contributed by atoms with van der Waals surface area (Å²) >= 11 is 10.4. The van der Waals surface area contributed by atoms with E-state index in [2.05, 4.69) is 32.3 Å². The summed E-state index contributed by atoms with van der Waals surface area (Å²) < 4.78 is 0. The Balaban J connectivity index is 1.10. The van der Waals surface area contributed by atoms with Gasteiger partial charge in [0.2, 0.25) is 0 Å². The number of thiocarbonyl (C=S) groups is 2. The van der Waals surface area contributed by atoms with E-state index in [1.54, 1.807) is 0 Å². The average Bonchev–Trinajstić information content (AvgIpc) is 3.45. The Morgan fingerprint density at radius 2 is 1.04 bits per heavy atom. The van der Waals surface area contributed by atoms with Crippen molar-refractivity contribution in [3.63, 3.8) is 0 Å². The third-order valence-corrected chi connectivity index (χ3v) is 7.33. The van der Waals surface area contributed by atoms with Gasteiger partial charge in [-0.15, -0.1) is 0 Å². The molecular weight excluding hydrogens is 396 g/mol. The Morgan fingerprint density at radius 3 is 1.36 bits per heavy atom. The van der Waals surface area contributed by atoms with E-state index in [1.165, 1.54) is 38.5 Å². The molecule has 4 rings (SSSR count). The third kappa shape index (κ3) is 4.48. The zero-order chi connectivity index (χ0) is 19.7. The van der Waals surface area contributed by atoms with E-state index in [-0.39, 0.29) is 0 Å². The number of carbonyl (C=O) groups excluding carboxylic acids is 2. The summed E-state index contributed by atoms with van der Waals surface area (Å²) in [5, 5.41) is 7.14. The zero-order valence-corrected chi connectivity index (χ0v) is 17.4. The number of rotatable bonds is 2. The molecule has 8 nitrogen and oxygen atoms in total. The van der Waals surface area contributed by atoms with E-state index >= 15 is 0 Å². The molecule has 0 unspecified atom stereocenters. The quantitative estimate of drug-likeness (QED) is 0.214. The van der Waals surface area contributed by atoms with Crippen LogP contribution < -0.4 is 32.3 Å². The Bertz CT molecular complexity index is 618. The highest BCUT2D eigenvalue weighted by Gasteiger charge is 2.40. The highest BCUT2D eigenvalue weighted by atomic mass is 32.1. The predicted octanol–water partition coefficient (Wildman–Crippen LogP) is 0.354. The van der Waals surface area contributed by atoms with Crippen LogP contribution in [-0.4, -0.2) is 34.1 Å². The van der Waals surface area contributed by atoms with Crippen molar-refractivity contribution in [3.8, 4) is 0 Å². The molecule has 10 heteroatoms. The summed E-state index contributed by atoms with van der Waals surface area (Å²) in [5.41, 5.74) is 9.82. The van der Waals surface area contributed by atoms with Crippen molar-refractivity contribution in [2.45, 2.75) is 63.5 Å². The van der Waals surface area contributed by atoms with Gasteiger partial charge in [0.1, 0.15) is 0 Å². The highest BCUT2D eigenvalue weighted by Crippen LogP contribution is 2.45. The Kier molecular flexibility index (Phi) is 5.86. The second kappa shape index (κ2) is 8.36. The number of hydrogen-bond acceptors (Lipinski definition) is 4. The van der Waals surface area contributed by atoms with Crippen LogP contribution in [0.5, 0.6) is 0 Å². The van der Waals surface area contributed by atoms with Gasteiger partial charge in [-0.25, -0.2) is 0 Å². The van der Waals surface area contributed by atoms with Gasteiger partial charge in [0, 0.05) is 12.1 Å². The van der Waals surface area contributed by atoms with Crippen LogP contribution in [0.15, 0.2) is 0 Å². The van der Waals surface area contributed by atoms with Crippen LogP contribution in [0.1, 0.15) is 51.4 Å². The molecule has 6 atom stereocenters. The van der Waals surface area contributed by atoms with Gasteiger partial charge < -0.3 is 10.6 Å². The molecule has 28 heavy (non-hydrogen) atoms. The largest absolute Gasteiger partial charge is 0.358 e. The molecule has 0 aliphatic heterocycles. The molecular formula is C18H28N6O2S2. The summed E-state index contributed by atoms with van der Waals surface area (Å²) in [7, 11) is 0. The van der Waals surface area contributed by atoms with E-state index in [9.17, 15) is 9.59 Å². The lowest BCUT2D eigenvalue weighted by atomic mass is 9.96. The van der Waals surface area contributed by atoms with Crippen LogP contribution in [0.2, 0.25) is 0 Å². The Morgan fingerprint density at radius 1 is 0.607 bits per heavy atom. The molecule has 0 spiro atoms. The van der Waals surface area contributed by atoms with Crippen LogP contribution in [0.4, 0.5) is 0 Å². The van der Waals surface area contributed by atoms with Crippen molar-refractivity contribution < 1.29 is 9.59 Å². The van der Waals surface area contributed by atoms with Gasteiger partial charge in [-0.05, 0) is 86.6 Å². The maximum absolute atomic E-state index is 11.9. The summed E-state index contributed by atoms with van der Waals surface area (Å²) in [6, 6.07) is 0.723. The minimum atomic E-state index is -0.840. The van der Waals surface area contributed by atoms with Crippen molar-refractivity contribution >= 4 is 46.5 Å². The molecule has 6 N–H and O–H groups in total. The Hall–Kier alpha value is -1.68. The van der Waals surface area contributed by atoms with Crippen molar-refractivity contribution in [1.29, 1.82) is 0 Å². The minimum absolute atomic E-state index is 0.333. The molecule has 0 aromatic rings. The monoisotopic (exact) mass is 424 g/mol. The molecule has 4 fully saturated rings. The fraction of sp³-hybridized carbons (Fsp3) is 0.778. The first-order chi connectivity index (χ1) is 13.5. The molecule has 4 bridgehead atoms. The maximum atomic E-state index is 11.9. The molecule has 0 heterocycles. The molecule has 0 radical (unpaired) electrons. The smallest absolute Gasteiger partial charge is 0.329 e. The van der Waals surface area contributed by atoms with Gasteiger partial charge in [0.25, 0.3) is 0 Å². The van der Waals surface area contributed by atoms with E-state index < -0.39 is 11.8 Å². The van der Waals surface area contributed by atoms with Crippen molar-refractivity contribution in [1.82, 2.24) is 32.3 Å². The van der Waals surface area contributed by atoms with Crippen LogP contribution in [0.25, 0.3) is 0 Å². The Labute approximate surface area is 175 Å². The first-order valence-electron chi connectivity index (χ1n) is 10.2. The highest BCUT2D eigenvalue weighted by molar-refractivity contribution is 7.80. The van der Waals surface area contributed by atoms with Gasteiger partial charge >= 0.3 is 11.8 Å². The second-order valence-electron chi connectivity index (χ2n) is 8.67. The fourth-order valence-electron chi connectivity index (χ4n) is 5.59. The van der Waals surface area contributed by atoms with E-state index in [0.717, 1.165) is 24.7 Å². The van der Waals surface area contributed by atoms with Crippen LogP contribution in [-0.2, 0) is 9.59 Å². The predicted molar refractivity (Wildman–Crippen MR) is 112 cm³/mol. The van der Waals surface area contributed by atoms with Crippen molar-refractivity contribution in [2.75, 3.05) is 0 Å². The SMILES string of the molecule is O=C(NNC(=S)N[C@H]1C[C@H]2CC[C@H]1C2)C(=O)NNC(=S)N[C@H]1C[C@H]2CC[C@H]1C2. The summed E-state index contributed by atoms with van der Waals surface area (Å²) in [4.78, 5) is 23.8. The first-order valence-corrected chi connectivity index (χ1v) is 11.0. The molecule has 2 amide bonds. The van der Waals surface area contributed by atoms with Gasteiger partial charge in [0.15, 0.2) is 10.2 Å². The molecule has 154 valence electrons. The molecule has 0 aromatic heterocycles. The standard InChI is InChI=1S/C18H28N6O2S2/c25-15(21-23-17(27)19-13-7-9-1-3-11(13)5-9)16(26)22-24-18(28)20-14-8-10-2-4-12(14)6-10/h9-14H,1-8H2,(H,21,25)(H,22,26)(H2,19,23,27)(H2,20,24,28)/t9-,10-,11-,12-,13-,14-/m0/s1. The zero-order valence-electron chi connectivity index (χ0n) is 15.8. The summed E-state index contributed by atoms with van der Waals surface area (Å²) in [6.45, 7) is 0. The van der Waals surface area contributed by atoms with E-state index in [4.69, 9.17) is 24.4 Å². The molecule has 0 aromatic carbocycles. The second-order valence-corrected chi connectivity index (χ2v) is 9.48. The first kappa shape index (κ1) is 19.6. The van der Waals surface area contributed by atoms with Crippen molar-refractivity contribution in [2.24, 2.45) is 23.7 Å². The normalized spacial score (nSPS) is 34.6. The lowest BCUT2D eigenvalue weighted by molar-refractivity contribution is -0.139. The number of fused-ring (bicyclic) bond motifs is 4. The van der Waals surface area contributed by atoms with E-state index in [1.807, 2.05) is 0 Å². The van der Waals surface area contributed by atoms with Gasteiger partial charge in [-0.1, -0.05) is 12.8 Å². The van der Waals surface area contributed by atoms with Gasteiger partial charge in [-0.2, -0.15) is 0 Å². The minimum Gasteiger partial charge on any atom is -0.358 e. The molecule has 4 aliphatic rings. The van der Waals surface area contributed by atoms with Gasteiger partial charge in [0.05, 0.1) is 0 Å². The van der Waals surface area contributed by atoms with Crippen LogP contribution in [0, 0.1) is 23.7 Å². The fourth-order valence-corrected chi connectivity index (χ4v) is 6.00. The summed E-state index contributed by atoms with van der Waals surface area (Å²) in [6.07, 6.45) is 9.87. The van der Waals surface area contributed by atoms with Crippen molar-refractivity contribution in [3.05, 3.63) is 0 Å². The molecule has 4 aliphatic carbocycles. The number of amides is 2. The number of hydrogen-bond donors (Lipinski definition) is 6. The average molecular weight is 425 g/mol. The third-order valence-electron chi connectivity index (χ3n) is 6.89. The van der Waals surface area contributed by atoms with Crippen LogP contribution >= 0.6 is 24.4 Å². The van der Waals surface area contributed by atoms with E-state index in [0.29, 0.717) is 34.1 Å². The van der Waals surface area contributed by atoms with Gasteiger partial charge in [-0.3, -0.25) is 31.3 Å². The number of hydrazine groups is 2. The molecule has 0 saturated heterocycles. The topological polar surface area (TPSA) is 106 Å². The number of carbonyl (C=O) groups is 2. The number of nitrogens with one attached hydrogen (secondary N) is 6. The summed E-state index contributed by atoms with van der Waals surface area (Å²) in [5.74, 6) is 1.25. The molecule has 4 saturated carbocycles. The lowest BCUT2D eigenvalue weighted by Gasteiger charge is -2.25. The maximum Gasteiger partial charge on any atom is 0.329 e.